The standard InChI is InChI=1S/C19H32N4OS.HI/c1-4-20-19(22-12-16(3)17-8-11-25-14-17)21-9-7-18(24)23-10-5-6-15(2)13-23;/h8,11,14-16H,4-7,9-10,12-13H2,1-3H3,(H2,20,21,22);1H. The molecule has 0 bridgehead atoms. The molecule has 0 aliphatic carbocycles. The number of rotatable bonds is 7. The van der Waals surface area contributed by atoms with Crippen molar-refractivity contribution in [2.45, 2.75) is 46.0 Å². The summed E-state index contributed by atoms with van der Waals surface area (Å²) in [5.74, 6) is 2.08. The Labute approximate surface area is 179 Å². The van der Waals surface area contributed by atoms with E-state index in [2.05, 4.69) is 53.2 Å². The van der Waals surface area contributed by atoms with E-state index in [1.165, 1.54) is 12.0 Å². The zero-order valence-electron chi connectivity index (χ0n) is 16.2. The molecule has 5 nitrogen and oxygen atoms in total. The van der Waals surface area contributed by atoms with Crippen molar-refractivity contribution in [2.75, 3.05) is 32.7 Å². The Bertz CT molecular complexity index is 550. The molecule has 2 atom stereocenters. The smallest absolute Gasteiger partial charge is 0.224 e. The summed E-state index contributed by atoms with van der Waals surface area (Å²) in [6.45, 7) is 10.5. The summed E-state index contributed by atoms with van der Waals surface area (Å²) in [6.07, 6.45) is 2.89. The van der Waals surface area contributed by atoms with Crippen molar-refractivity contribution in [1.29, 1.82) is 0 Å². The van der Waals surface area contributed by atoms with Gasteiger partial charge < -0.3 is 15.5 Å². The largest absolute Gasteiger partial charge is 0.357 e. The molecule has 1 amide bonds. The van der Waals surface area contributed by atoms with Crippen LogP contribution < -0.4 is 10.6 Å². The maximum Gasteiger partial charge on any atom is 0.224 e. The molecule has 26 heavy (non-hydrogen) atoms. The van der Waals surface area contributed by atoms with Crippen LogP contribution in [0.2, 0.25) is 0 Å². The second-order valence-electron chi connectivity index (χ2n) is 6.94. The van der Waals surface area contributed by atoms with Crippen molar-refractivity contribution in [2.24, 2.45) is 10.9 Å². The van der Waals surface area contributed by atoms with Gasteiger partial charge in [0, 0.05) is 45.1 Å². The quantitative estimate of drug-likeness (QED) is 0.347. The number of hydrogen-bond acceptors (Lipinski definition) is 3. The summed E-state index contributed by atoms with van der Waals surface area (Å²) in [5.41, 5.74) is 1.33. The summed E-state index contributed by atoms with van der Waals surface area (Å²) >= 11 is 1.72. The van der Waals surface area contributed by atoms with Gasteiger partial charge in [-0.2, -0.15) is 11.3 Å². The van der Waals surface area contributed by atoms with Gasteiger partial charge in [-0.05, 0) is 48.1 Å². The minimum absolute atomic E-state index is 0. The maximum absolute atomic E-state index is 12.3. The van der Waals surface area contributed by atoms with Crippen molar-refractivity contribution in [1.82, 2.24) is 15.5 Å². The summed E-state index contributed by atoms with van der Waals surface area (Å²) in [6, 6.07) is 2.16. The number of nitrogens with zero attached hydrogens (tertiary/aromatic N) is 2. The molecule has 1 aromatic rings. The number of carbonyl (C=O) groups excluding carboxylic acids is 1. The van der Waals surface area contributed by atoms with Crippen molar-refractivity contribution in [3.8, 4) is 0 Å². The van der Waals surface area contributed by atoms with Gasteiger partial charge in [-0.1, -0.05) is 13.8 Å². The molecule has 2 N–H and O–H groups in total. The fourth-order valence-electron chi connectivity index (χ4n) is 3.09. The molecule has 1 fully saturated rings. The first-order valence-corrected chi connectivity index (χ1v) is 10.4. The molecule has 1 aliphatic rings. The van der Waals surface area contributed by atoms with Crippen LogP contribution in [0, 0.1) is 5.92 Å². The van der Waals surface area contributed by atoms with Crippen LogP contribution in [0.4, 0.5) is 0 Å². The highest BCUT2D eigenvalue weighted by molar-refractivity contribution is 14.0. The van der Waals surface area contributed by atoms with Gasteiger partial charge >= 0.3 is 0 Å². The lowest BCUT2D eigenvalue weighted by molar-refractivity contribution is -0.132. The summed E-state index contributed by atoms with van der Waals surface area (Å²) < 4.78 is 0. The SMILES string of the molecule is CCNC(=NCC(C)c1ccsc1)NCCC(=O)N1CCCC(C)C1.I. The van der Waals surface area contributed by atoms with Gasteiger partial charge in [-0.25, -0.2) is 0 Å². The van der Waals surface area contributed by atoms with E-state index in [-0.39, 0.29) is 29.9 Å². The Morgan fingerprint density at radius 3 is 2.92 bits per heavy atom. The number of amides is 1. The summed E-state index contributed by atoms with van der Waals surface area (Å²) in [4.78, 5) is 19.0. The van der Waals surface area contributed by atoms with Gasteiger partial charge in [0.2, 0.25) is 5.91 Å². The minimum Gasteiger partial charge on any atom is -0.357 e. The van der Waals surface area contributed by atoms with Gasteiger partial charge in [0.15, 0.2) is 5.96 Å². The van der Waals surface area contributed by atoms with Gasteiger partial charge in [0.05, 0.1) is 0 Å². The molecule has 0 saturated carbocycles. The lowest BCUT2D eigenvalue weighted by Crippen LogP contribution is -2.42. The van der Waals surface area contributed by atoms with E-state index in [0.29, 0.717) is 24.8 Å². The molecule has 1 saturated heterocycles. The molecule has 148 valence electrons. The zero-order chi connectivity index (χ0) is 18.1. The highest BCUT2D eigenvalue weighted by atomic mass is 127. The summed E-state index contributed by atoms with van der Waals surface area (Å²) in [5, 5.41) is 10.8. The van der Waals surface area contributed by atoms with Crippen molar-refractivity contribution in [3.05, 3.63) is 22.4 Å². The molecule has 1 aromatic heterocycles. The molecule has 7 heteroatoms. The van der Waals surface area contributed by atoms with Crippen LogP contribution in [0.25, 0.3) is 0 Å². The number of nitrogens with one attached hydrogen (secondary N) is 2. The van der Waals surface area contributed by atoms with Crippen molar-refractivity contribution < 1.29 is 4.79 Å². The van der Waals surface area contributed by atoms with Crippen LogP contribution in [0.3, 0.4) is 0 Å². The van der Waals surface area contributed by atoms with Gasteiger partial charge in [-0.3, -0.25) is 9.79 Å². The van der Waals surface area contributed by atoms with Crippen molar-refractivity contribution >= 4 is 47.2 Å². The van der Waals surface area contributed by atoms with E-state index < -0.39 is 0 Å². The first-order chi connectivity index (χ1) is 12.1. The van der Waals surface area contributed by atoms with E-state index in [0.717, 1.165) is 38.6 Å². The zero-order valence-corrected chi connectivity index (χ0v) is 19.3. The highest BCUT2D eigenvalue weighted by Crippen LogP contribution is 2.18. The monoisotopic (exact) mass is 492 g/mol. The lowest BCUT2D eigenvalue weighted by Gasteiger charge is -2.31. The first-order valence-electron chi connectivity index (χ1n) is 9.42. The van der Waals surface area contributed by atoms with Crippen LogP contribution >= 0.6 is 35.3 Å². The predicted octanol–water partition coefficient (Wildman–Crippen LogP) is 3.67. The Morgan fingerprint density at radius 2 is 2.27 bits per heavy atom. The number of thiophene rings is 1. The molecule has 2 unspecified atom stereocenters. The Balaban J connectivity index is 0.00000338. The van der Waals surface area contributed by atoms with Crippen molar-refractivity contribution in [3.63, 3.8) is 0 Å². The molecule has 2 heterocycles. The van der Waals surface area contributed by atoms with E-state index in [4.69, 9.17) is 0 Å². The predicted molar refractivity (Wildman–Crippen MR) is 122 cm³/mol. The number of piperidine rings is 1. The fraction of sp³-hybridized carbons (Fsp3) is 0.684. The van der Waals surface area contributed by atoms with E-state index in [9.17, 15) is 4.79 Å². The average Bonchev–Trinajstić information content (AvgIpc) is 3.14. The molecule has 0 radical (unpaired) electrons. The third-order valence-corrected chi connectivity index (χ3v) is 5.32. The molecule has 0 spiro atoms. The van der Waals surface area contributed by atoms with Crippen LogP contribution in [-0.2, 0) is 4.79 Å². The van der Waals surface area contributed by atoms with Crippen LogP contribution in [0.1, 0.15) is 51.5 Å². The number of guanidine groups is 1. The summed E-state index contributed by atoms with van der Waals surface area (Å²) in [7, 11) is 0. The normalized spacial score (nSPS) is 18.8. The van der Waals surface area contributed by atoms with Gasteiger partial charge in [-0.15, -0.1) is 24.0 Å². The molecule has 2 rings (SSSR count). The molecule has 0 aromatic carbocycles. The highest BCUT2D eigenvalue weighted by Gasteiger charge is 2.20. The van der Waals surface area contributed by atoms with Crippen LogP contribution in [0.5, 0.6) is 0 Å². The number of aliphatic imine (C=N–C) groups is 1. The second-order valence-corrected chi connectivity index (χ2v) is 7.72. The van der Waals surface area contributed by atoms with E-state index >= 15 is 0 Å². The van der Waals surface area contributed by atoms with Crippen LogP contribution in [-0.4, -0.2) is 49.5 Å². The molecule has 1 aliphatic heterocycles. The van der Waals surface area contributed by atoms with Gasteiger partial charge in [0.1, 0.15) is 0 Å². The Kier molecular flexibility index (Phi) is 11.2. The minimum atomic E-state index is 0. The third kappa shape index (κ3) is 7.82. The first kappa shape index (κ1) is 23.2. The fourth-order valence-corrected chi connectivity index (χ4v) is 3.87. The maximum atomic E-state index is 12.3. The number of hydrogen-bond donors (Lipinski definition) is 2. The topological polar surface area (TPSA) is 56.7 Å². The second kappa shape index (κ2) is 12.5. The van der Waals surface area contributed by atoms with E-state index in [1.807, 2.05) is 4.90 Å². The van der Waals surface area contributed by atoms with Crippen LogP contribution in [0.15, 0.2) is 21.8 Å². The number of carbonyl (C=O) groups is 1. The average molecular weight is 492 g/mol. The molecular formula is C19H33IN4OS. The number of halogens is 1. The Hall–Kier alpha value is -0.830. The Morgan fingerprint density at radius 1 is 1.46 bits per heavy atom. The lowest BCUT2D eigenvalue weighted by atomic mass is 10.00. The molecular weight excluding hydrogens is 459 g/mol. The third-order valence-electron chi connectivity index (χ3n) is 4.62. The van der Waals surface area contributed by atoms with E-state index in [1.54, 1.807) is 11.3 Å². The van der Waals surface area contributed by atoms with Gasteiger partial charge in [0.25, 0.3) is 0 Å². The number of likely N-dealkylation sites (tertiary alicyclic amines) is 1.